The summed E-state index contributed by atoms with van der Waals surface area (Å²) in [6, 6.07) is 7.67. The van der Waals surface area contributed by atoms with Crippen LogP contribution < -0.4 is 5.43 Å². The van der Waals surface area contributed by atoms with Crippen molar-refractivity contribution >= 4 is 16.9 Å². The second-order valence-corrected chi connectivity index (χ2v) is 9.81. The molecule has 4 rings (SSSR count). The number of carboxylic acids is 1. The highest BCUT2D eigenvalue weighted by atomic mass is 16.4. The lowest BCUT2D eigenvalue weighted by atomic mass is 9.85. The molecule has 1 aromatic carbocycles. The molecule has 3 aromatic rings. The summed E-state index contributed by atoms with van der Waals surface area (Å²) in [4.78, 5) is 24.2. The zero-order valence-corrected chi connectivity index (χ0v) is 18.3. The minimum absolute atomic E-state index is 0.0212. The molecule has 1 aliphatic rings. The highest BCUT2D eigenvalue weighted by molar-refractivity contribution is 5.95. The molecule has 6 nitrogen and oxygen atoms in total. The van der Waals surface area contributed by atoms with Crippen molar-refractivity contribution in [2.45, 2.75) is 60.0 Å². The van der Waals surface area contributed by atoms with Crippen molar-refractivity contribution < 1.29 is 9.90 Å². The Morgan fingerprint density at radius 2 is 2.03 bits per heavy atom. The normalized spacial score (nSPS) is 16.0. The molecule has 0 amide bonds. The average molecular weight is 408 g/mol. The minimum atomic E-state index is -1.19. The van der Waals surface area contributed by atoms with E-state index in [2.05, 4.69) is 40.7 Å². The maximum absolute atomic E-state index is 12.6. The Bertz CT molecular complexity index is 1190. The molecule has 0 aliphatic carbocycles. The van der Waals surface area contributed by atoms with Crippen molar-refractivity contribution in [1.29, 1.82) is 0 Å². The average Bonchev–Trinajstić information content (AvgIpc) is 3.03. The molecule has 30 heavy (non-hydrogen) atoms. The summed E-state index contributed by atoms with van der Waals surface area (Å²) in [6.07, 6.45) is 3.56. The number of hydrogen-bond donors (Lipinski definition) is 1. The van der Waals surface area contributed by atoms with Crippen LogP contribution >= 0.6 is 0 Å². The number of carbonyl (C=O) groups is 1. The van der Waals surface area contributed by atoms with Crippen LogP contribution in [0, 0.1) is 11.3 Å². The first kappa shape index (κ1) is 20.4. The maximum Gasteiger partial charge on any atom is 0.341 e. The molecule has 6 heteroatoms. The number of hydrogen-bond acceptors (Lipinski definition) is 3. The lowest BCUT2D eigenvalue weighted by Crippen LogP contribution is -2.35. The molecule has 0 fully saturated rings. The van der Waals surface area contributed by atoms with Crippen molar-refractivity contribution in [2.75, 3.05) is 0 Å². The number of aromatic carboxylic acids is 1. The van der Waals surface area contributed by atoms with Crippen LogP contribution in [-0.4, -0.2) is 25.4 Å². The lowest BCUT2D eigenvalue weighted by Gasteiger charge is -2.38. The first-order chi connectivity index (χ1) is 14.1. The summed E-state index contributed by atoms with van der Waals surface area (Å²) in [7, 11) is 0. The number of aromatic nitrogens is 3. The monoisotopic (exact) mass is 407 g/mol. The van der Waals surface area contributed by atoms with Gasteiger partial charge in [0.05, 0.1) is 29.5 Å². The molecule has 3 heterocycles. The Hall–Kier alpha value is -2.89. The highest BCUT2D eigenvalue weighted by Crippen LogP contribution is 2.42. The van der Waals surface area contributed by atoms with Crippen molar-refractivity contribution in [3.05, 3.63) is 51.8 Å². The first-order valence-corrected chi connectivity index (χ1v) is 10.6. The van der Waals surface area contributed by atoms with Gasteiger partial charge < -0.3 is 9.67 Å². The molecule has 158 valence electrons. The third kappa shape index (κ3) is 3.34. The van der Waals surface area contributed by atoms with Gasteiger partial charge in [-0.3, -0.25) is 9.48 Å². The number of carboxylic acid groups (broad SMARTS) is 1. The van der Waals surface area contributed by atoms with Gasteiger partial charge in [0.2, 0.25) is 0 Å². The van der Waals surface area contributed by atoms with Crippen molar-refractivity contribution in [1.82, 2.24) is 14.3 Å². The van der Waals surface area contributed by atoms with Gasteiger partial charge in [-0.2, -0.15) is 5.10 Å². The summed E-state index contributed by atoms with van der Waals surface area (Å²) in [5.41, 5.74) is 3.01. The van der Waals surface area contributed by atoms with Gasteiger partial charge in [-0.25, -0.2) is 4.79 Å². The van der Waals surface area contributed by atoms with Gasteiger partial charge in [-0.15, -0.1) is 0 Å². The molecule has 1 unspecified atom stereocenters. The molecule has 0 saturated heterocycles. The molecular formula is C24H29N3O3. The third-order valence-corrected chi connectivity index (χ3v) is 6.08. The van der Waals surface area contributed by atoms with Gasteiger partial charge in [-0.05, 0) is 29.7 Å². The molecule has 0 bridgehead atoms. The third-order valence-electron chi connectivity index (χ3n) is 6.08. The van der Waals surface area contributed by atoms with E-state index < -0.39 is 11.4 Å². The molecular weight excluding hydrogens is 378 g/mol. The molecule has 0 spiro atoms. The van der Waals surface area contributed by atoms with Crippen molar-refractivity contribution in [2.24, 2.45) is 11.3 Å². The van der Waals surface area contributed by atoms with Gasteiger partial charge in [0.1, 0.15) is 5.56 Å². The number of fused-ring (bicyclic) bond motifs is 5. The summed E-state index contributed by atoms with van der Waals surface area (Å²) in [6.45, 7) is 11.4. The summed E-state index contributed by atoms with van der Waals surface area (Å²) in [5, 5.41) is 15.5. The standard InChI is InChI=1S/C24H29N3O3/c1-14(2)9-10-15-7-6-8-16-21(15)25-27-13-20(24(3,4)5)26-12-17(23(29)30)19(28)11-18(26)22(16)27/h6-8,11-12,14,20H,9-10,13H2,1-5H3,(H,29,30). The molecule has 0 saturated carbocycles. The van der Waals surface area contributed by atoms with Gasteiger partial charge in [-0.1, -0.05) is 52.8 Å². The van der Waals surface area contributed by atoms with Gasteiger partial charge in [0.25, 0.3) is 0 Å². The molecule has 1 aliphatic heterocycles. The van der Waals surface area contributed by atoms with Crippen LogP contribution in [0.4, 0.5) is 0 Å². The highest BCUT2D eigenvalue weighted by Gasteiger charge is 2.35. The number of nitrogens with zero attached hydrogens (tertiary/aromatic N) is 3. The van der Waals surface area contributed by atoms with Crippen LogP contribution in [0.1, 0.15) is 63.0 Å². The Morgan fingerprint density at radius 1 is 1.30 bits per heavy atom. The Balaban J connectivity index is 1.98. The number of aryl methyl sites for hydroxylation is 1. The van der Waals surface area contributed by atoms with E-state index in [1.807, 2.05) is 21.4 Å². The lowest BCUT2D eigenvalue weighted by molar-refractivity contribution is 0.0693. The van der Waals surface area contributed by atoms with E-state index in [0.717, 1.165) is 35.1 Å². The second kappa shape index (κ2) is 7.11. The van der Waals surface area contributed by atoms with Crippen LogP contribution in [0.2, 0.25) is 0 Å². The summed E-state index contributed by atoms with van der Waals surface area (Å²) < 4.78 is 3.98. The van der Waals surface area contributed by atoms with Gasteiger partial charge in [0.15, 0.2) is 5.43 Å². The van der Waals surface area contributed by atoms with Gasteiger partial charge >= 0.3 is 5.97 Å². The van der Waals surface area contributed by atoms with E-state index in [0.29, 0.717) is 12.5 Å². The van der Waals surface area contributed by atoms with Crippen molar-refractivity contribution in [3.63, 3.8) is 0 Å². The largest absolute Gasteiger partial charge is 0.477 e. The zero-order chi connectivity index (χ0) is 21.8. The molecule has 0 radical (unpaired) electrons. The van der Waals surface area contributed by atoms with E-state index in [9.17, 15) is 14.7 Å². The fourth-order valence-corrected chi connectivity index (χ4v) is 4.36. The van der Waals surface area contributed by atoms with E-state index in [1.165, 1.54) is 17.8 Å². The SMILES string of the molecule is CC(C)CCc1cccc2c3n(nc12)CC(C(C)(C)C)n1cc(C(=O)O)c(=O)cc1-3. The minimum Gasteiger partial charge on any atom is -0.477 e. The van der Waals surface area contributed by atoms with Crippen LogP contribution in [0.3, 0.4) is 0 Å². The quantitative estimate of drug-likeness (QED) is 0.677. The van der Waals surface area contributed by atoms with E-state index in [-0.39, 0.29) is 17.0 Å². The number of pyridine rings is 1. The summed E-state index contributed by atoms with van der Waals surface area (Å²) in [5.74, 6) is -0.584. The van der Waals surface area contributed by atoms with Crippen LogP contribution in [0.25, 0.3) is 22.3 Å². The van der Waals surface area contributed by atoms with Crippen LogP contribution in [0.15, 0.2) is 35.3 Å². The maximum atomic E-state index is 12.6. The fourth-order valence-electron chi connectivity index (χ4n) is 4.36. The molecule has 1 atom stereocenters. The Labute approximate surface area is 176 Å². The van der Waals surface area contributed by atoms with Crippen LogP contribution in [-0.2, 0) is 13.0 Å². The predicted octanol–water partition coefficient (Wildman–Crippen LogP) is 4.75. The molecule has 1 N–H and O–H groups in total. The van der Waals surface area contributed by atoms with E-state index in [1.54, 1.807) is 0 Å². The molecule has 2 aromatic heterocycles. The number of benzene rings is 1. The fraction of sp³-hybridized carbons (Fsp3) is 0.458. The predicted molar refractivity (Wildman–Crippen MR) is 118 cm³/mol. The topological polar surface area (TPSA) is 77.1 Å². The smallest absolute Gasteiger partial charge is 0.341 e. The van der Waals surface area contributed by atoms with Gasteiger partial charge in [0, 0.05) is 17.6 Å². The zero-order valence-electron chi connectivity index (χ0n) is 18.3. The Kier molecular flexibility index (Phi) is 4.83. The van der Waals surface area contributed by atoms with E-state index >= 15 is 0 Å². The first-order valence-electron chi connectivity index (χ1n) is 10.6. The second-order valence-electron chi connectivity index (χ2n) is 9.81. The summed E-state index contributed by atoms with van der Waals surface area (Å²) >= 11 is 0. The van der Waals surface area contributed by atoms with E-state index in [4.69, 9.17) is 5.10 Å². The van der Waals surface area contributed by atoms with Crippen molar-refractivity contribution in [3.8, 4) is 11.4 Å². The number of rotatable bonds is 4. The Morgan fingerprint density at radius 3 is 2.67 bits per heavy atom. The van der Waals surface area contributed by atoms with Crippen LogP contribution in [0.5, 0.6) is 0 Å².